The smallest absolute Gasteiger partial charge is 0.251 e. The summed E-state index contributed by atoms with van der Waals surface area (Å²) < 4.78 is 17.0. The van der Waals surface area contributed by atoms with Crippen LogP contribution in [0.2, 0.25) is 5.02 Å². The van der Waals surface area contributed by atoms with Crippen LogP contribution in [0.5, 0.6) is 0 Å². The molecule has 0 aliphatic rings. The lowest BCUT2D eigenvalue weighted by molar-refractivity contribution is 0.247. The van der Waals surface area contributed by atoms with E-state index in [1.54, 1.807) is 47.6 Å². The second-order valence-electron chi connectivity index (χ2n) is 6.79. The van der Waals surface area contributed by atoms with Crippen LogP contribution in [-0.2, 0) is 7.05 Å². The summed E-state index contributed by atoms with van der Waals surface area (Å²) in [5.74, 6) is 0.297. The molecule has 1 atom stereocenters. The number of pyridine rings is 1. The Hall–Kier alpha value is -3.56. The maximum atomic E-state index is 13.8. The number of aromatic nitrogens is 5. The molecule has 1 aromatic carbocycles. The highest BCUT2D eigenvalue weighted by Gasteiger charge is 2.16. The molecule has 0 spiro atoms. The molecule has 10 heteroatoms. The zero-order valence-electron chi connectivity index (χ0n) is 16.4. The number of anilines is 2. The number of aliphatic hydroxyl groups is 1. The lowest BCUT2D eigenvalue weighted by atomic mass is 10.1. The van der Waals surface area contributed by atoms with Crippen molar-refractivity contribution in [1.29, 1.82) is 0 Å². The predicted molar refractivity (Wildman–Crippen MR) is 115 cm³/mol. The van der Waals surface area contributed by atoms with E-state index in [1.165, 1.54) is 22.8 Å². The molecule has 158 valence electrons. The Morgan fingerprint density at radius 2 is 2.00 bits per heavy atom. The van der Waals surface area contributed by atoms with E-state index in [2.05, 4.69) is 20.3 Å². The SMILES string of the molecule is Cn1ccnc1Nc1nccc(-c2ccn(C(CO)c3ccc(Cl)c(F)c3)c(=O)c2)n1. The number of nitrogens with zero attached hydrogens (tertiary/aromatic N) is 5. The van der Waals surface area contributed by atoms with E-state index in [9.17, 15) is 14.3 Å². The molecule has 4 aromatic rings. The standard InChI is InChI=1S/C21H18ClFN6O2/c1-28-9-7-25-21(28)27-20-24-6-4-17(26-20)13-5-8-29(19(31)11-13)18(12-30)14-2-3-15(22)16(23)10-14/h2-11,18,30H,12H2,1H3,(H,24,25,26,27). The van der Waals surface area contributed by atoms with Crippen LogP contribution in [0.1, 0.15) is 11.6 Å². The van der Waals surface area contributed by atoms with E-state index in [-0.39, 0.29) is 17.2 Å². The molecule has 31 heavy (non-hydrogen) atoms. The van der Waals surface area contributed by atoms with Crippen molar-refractivity contribution in [3.05, 3.63) is 87.9 Å². The van der Waals surface area contributed by atoms with Gasteiger partial charge in [0, 0.05) is 43.5 Å². The van der Waals surface area contributed by atoms with Crippen LogP contribution < -0.4 is 10.9 Å². The molecule has 0 saturated heterocycles. The van der Waals surface area contributed by atoms with E-state index in [1.807, 2.05) is 7.05 Å². The van der Waals surface area contributed by atoms with Crippen LogP contribution >= 0.6 is 11.6 Å². The van der Waals surface area contributed by atoms with E-state index < -0.39 is 11.9 Å². The number of imidazole rings is 1. The van der Waals surface area contributed by atoms with Crippen molar-refractivity contribution in [2.24, 2.45) is 7.05 Å². The maximum absolute atomic E-state index is 13.8. The van der Waals surface area contributed by atoms with Crippen molar-refractivity contribution in [2.45, 2.75) is 6.04 Å². The second kappa shape index (κ2) is 8.66. The first kappa shape index (κ1) is 20.7. The lowest BCUT2D eigenvalue weighted by Crippen LogP contribution is -2.27. The van der Waals surface area contributed by atoms with Gasteiger partial charge in [-0.05, 0) is 29.8 Å². The first-order chi connectivity index (χ1) is 15.0. The van der Waals surface area contributed by atoms with Gasteiger partial charge in [-0.15, -0.1) is 0 Å². The minimum absolute atomic E-state index is 0.0261. The fraction of sp³-hybridized carbons (Fsp3) is 0.143. The molecule has 3 heterocycles. The molecule has 0 aliphatic heterocycles. The normalized spacial score (nSPS) is 12.0. The number of aryl methyl sites for hydroxylation is 1. The largest absolute Gasteiger partial charge is 0.394 e. The first-order valence-corrected chi connectivity index (χ1v) is 9.70. The predicted octanol–water partition coefficient (Wildman–Crippen LogP) is 3.16. The van der Waals surface area contributed by atoms with Gasteiger partial charge < -0.3 is 14.2 Å². The van der Waals surface area contributed by atoms with Crippen molar-refractivity contribution in [3.63, 3.8) is 0 Å². The highest BCUT2D eigenvalue weighted by atomic mass is 35.5. The quantitative estimate of drug-likeness (QED) is 0.478. The summed E-state index contributed by atoms with van der Waals surface area (Å²) in [4.78, 5) is 25.6. The Labute approximate surface area is 181 Å². The number of halogens is 2. The van der Waals surface area contributed by atoms with Gasteiger partial charge >= 0.3 is 0 Å². The number of nitrogens with one attached hydrogen (secondary N) is 1. The number of aliphatic hydroxyl groups excluding tert-OH is 1. The minimum Gasteiger partial charge on any atom is -0.394 e. The molecule has 0 aliphatic carbocycles. The van der Waals surface area contributed by atoms with Gasteiger partial charge in [-0.25, -0.2) is 19.3 Å². The van der Waals surface area contributed by atoms with Gasteiger partial charge in [-0.2, -0.15) is 0 Å². The summed E-state index contributed by atoms with van der Waals surface area (Å²) in [6.45, 7) is -0.383. The molecule has 0 saturated carbocycles. The van der Waals surface area contributed by atoms with Crippen LogP contribution in [0.3, 0.4) is 0 Å². The summed E-state index contributed by atoms with van der Waals surface area (Å²) in [5, 5.41) is 12.8. The van der Waals surface area contributed by atoms with E-state index in [0.29, 0.717) is 28.7 Å². The minimum atomic E-state index is -0.751. The van der Waals surface area contributed by atoms with Crippen molar-refractivity contribution >= 4 is 23.5 Å². The van der Waals surface area contributed by atoms with Gasteiger partial charge in [0.15, 0.2) is 0 Å². The molecule has 4 rings (SSSR count). The zero-order valence-corrected chi connectivity index (χ0v) is 17.2. The Bertz CT molecular complexity index is 1290. The summed E-state index contributed by atoms with van der Waals surface area (Å²) >= 11 is 5.73. The van der Waals surface area contributed by atoms with Crippen LogP contribution in [0.15, 0.2) is 66.0 Å². The fourth-order valence-electron chi connectivity index (χ4n) is 3.15. The molecule has 0 bridgehead atoms. The molecular weight excluding hydrogens is 423 g/mol. The third kappa shape index (κ3) is 4.32. The monoisotopic (exact) mass is 440 g/mol. The van der Waals surface area contributed by atoms with Gasteiger partial charge in [0.05, 0.1) is 23.4 Å². The van der Waals surface area contributed by atoms with Crippen molar-refractivity contribution in [3.8, 4) is 11.3 Å². The molecule has 1 unspecified atom stereocenters. The number of hydrogen-bond donors (Lipinski definition) is 2. The van der Waals surface area contributed by atoms with E-state index in [4.69, 9.17) is 11.6 Å². The van der Waals surface area contributed by atoms with Crippen LogP contribution in [0.25, 0.3) is 11.3 Å². The van der Waals surface area contributed by atoms with Gasteiger partial charge in [0.1, 0.15) is 5.82 Å². The van der Waals surface area contributed by atoms with Crippen molar-refractivity contribution in [2.75, 3.05) is 11.9 Å². The zero-order chi connectivity index (χ0) is 22.0. The van der Waals surface area contributed by atoms with Crippen molar-refractivity contribution in [1.82, 2.24) is 24.1 Å². The van der Waals surface area contributed by atoms with Crippen LogP contribution in [0.4, 0.5) is 16.3 Å². The van der Waals surface area contributed by atoms with E-state index >= 15 is 0 Å². The van der Waals surface area contributed by atoms with Gasteiger partial charge in [-0.1, -0.05) is 17.7 Å². The molecule has 8 nitrogen and oxygen atoms in total. The fourth-order valence-corrected chi connectivity index (χ4v) is 3.26. The Kier molecular flexibility index (Phi) is 5.79. The number of benzene rings is 1. The number of rotatable bonds is 6. The Morgan fingerprint density at radius 3 is 2.68 bits per heavy atom. The van der Waals surface area contributed by atoms with Crippen LogP contribution in [0, 0.1) is 5.82 Å². The van der Waals surface area contributed by atoms with E-state index in [0.717, 1.165) is 0 Å². The molecule has 2 N–H and O–H groups in total. The topological polar surface area (TPSA) is 97.9 Å². The lowest BCUT2D eigenvalue weighted by Gasteiger charge is -2.18. The molecule has 0 fully saturated rings. The third-order valence-electron chi connectivity index (χ3n) is 4.78. The first-order valence-electron chi connectivity index (χ1n) is 9.32. The maximum Gasteiger partial charge on any atom is 0.251 e. The van der Waals surface area contributed by atoms with Crippen molar-refractivity contribution < 1.29 is 9.50 Å². The molecule has 0 radical (unpaired) electrons. The Balaban J connectivity index is 1.64. The summed E-state index contributed by atoms with van der Waals surface area (Å²) in [7, 11) is 1.84. The van der Waals surface area contributed by atoms with Gasteiger partial charge in [-0.3, -0.25) is 10.1 Å². The average Bonchev–Trinajstić information content (AvgIpc) is 3.16. The van der Waals surface area contributed by atoms with Gasteiger partial charge in [0.25, 0.3) is 5.56 Å². The average molecular weight is 441 g/mol. The summed E-state index contributed by atoms with van der Waals surface area (Å²) in [6.07, 6.45) is 6.55. The second-order valence-corrected chi connectivity index (χ2v) is 7.19. The highest BCUT2D eigenvalue weighted by Crippen LogP contribution is 2.23. The molecule has 0 amide bonds. The van der Waals surface area contributed by atoms with Crippen LogP contribution in [-0.4, -0.2) is 35.8 Å². The number of hydrogen-bond acceptors (Lipinski definition) is 6. The Morgan fingerprint density at radius 1 is 1.16 bits per heavy atom. The molecular formula is C21H18ClFN6O2. The summed E-state index contributed by atoms with van der Waals surface area (Å²) in [5.41, 5.74) is 1.17. The third-order valence-corrected chi connectivity index (χ3v) is 5.09. The molecule has 3 aromatic heterocycles. The summed E-state index contributed by atoms with van der Waals surface area (Å²) in [6, 6.07) is 8.22. The van der Waals surface area contributed by atoms with Gasteiger partial charge in [0.2, 0.25) is 11.9 Å². The highest BCUT2D eigenvalue weighted by molar-refractivity contribution is 6.30.